The Morgan fingerprint density at radius 1 is 1.00 bits per heavy atom. The minimum Gasteiger partial charge on any atom is -0.387 e. The van der Waals surface area contributed by atoms with Crippen LogP contribution in [0.15, 0.2) is 73.1 Å². The second-order valence-corrected chi connectivity index (χ2v) is 6.39. The van der Waals surface area contributed by atoms with Crippen LogP contribution < -0.4 is 5.32 Å². The van der Waals surface area contributed by atoms with E-state index in [0.717, 1.165) is 16.5 Å². The van der Waals surface area contributed by atoms with Crippen molar-refractivity contribution >= 4 is 22.4 Å². The second kappa shape index (κ2) is 7.99. The summed E-state index contributed by atoms with van der Waals surface area (Å²) in [6.07, 6.45) is 2.51. The lowest BCUT2D eigenvalue weighted by molar-refractivity contribution is -0.384. The predicted octanol–water partition coefficient (Wildman–Crippen LogP) is 3.75. The molecule has 0 aliphatic carbocycles. The molecule has 2 heterocycles. The number of aromatic nitrogens is 3. The van der Waals surface area contributed by atoms with Crippen molar-refractivity contribution in [2.24, 2.45) is 0 Å². The van der Waals surface area contributed by atoms with Crippen LogP contribution in [0.25, 0.3) is 22.3 Å². The Hall–Kier alpha value is -3.91. The number of nitrogens with one attached hydrogen (secondary N) is 1. The molecule has 2 aromatic carbocycles. The summed E-state index contributed by atoms with van der Waals surface area (Å²) < 4.78 is 0. The number of nitro benzene ring substituents is 1. The van der Waals surface area contributed by atoms with Crippen LogP contribution >= 0.6 is 0 Å². The molecule has 1 atom stereocenters. The first-order valence-corrected chi connectivity index (χ1v) is 8.95. The molecule has 4 rings (SSSR count). The lowest BCUT2D eigenvalue weighted by atomic mass is 10.1. The summed E-state index contributed by atoms with van der Waals surface area (Å²) in [5, 5.41) is 25.3. The second-order valence-electron chi connectivity index (χ2n) is 6.39. The largest absolute Gasteiger partial charge is 0.387 e. The third kappa shape index (κ3) is 4.02. The fraction of sp³-hybridized carbons (Fsp3) is 0.0952. The van der Waals surface area contributed by atoms with Gasteiger partial charge in [-0.15, -0.1) is 0 Å². The zero-order chi connectivity index (χ0) is 20.2. The molecule has 0 unspecified atom stereocenters. The number of nitrogens with zero attached hydrogens (tertiary/aromatic N) is 4. The summed E-state index contributed by atoms with van der Waals surface area (Å²) in [5.41, 5.74) is 2.18. The summed E-state index contributed by atoms with van der Waals surface area (Å²) in [4.78, 5) is 23.6. The van der Waals surface area contributed by atoms with Crippen LogP contribution in [0.4, 0.5) is 11.5 Å². The molecule has 0 spiro atoms. The van der Waals surface area contributed by atoms with Gasteiger partial charge in [0, 0.05) is 42.0 Å². The Labute approximate surface area is 166 Å². The van der Waals surface area contributed by atoms with E-state index in [1.807, 2.05) is 36.4 Å². The molecule has 0 fully saturated rings. The fourth-order valence-electron chi connectivity index (χ4n) is 2.97. The third-order valence-electron chi connectivity index (χ3n) is 4.49. The lowest BCUT2D eigenvalue weighted by Crippen LogP contribution is -2.14. The third-order valence-corrected chi connectivity index (χ3v) is 4.49. The van der Waals surface area contributed by atoms with Crippen molar-refractivity contribution in [1.29, 1.82) is 0 Å². The highest BCUT2D eigenvalue weighted by molar-refractivity contribution is 5.90. The Balaban J connectivity index is 1.60. The highest BCUT2D eigenvalue weighted by Gasteiger charge is 2.13. The number of nitro groups is 1. The molecule has 0 saturated heterocycles. The number of aliphatic hydroxyl groups is 1. The molecule has 0 radical (unpaired) electrons. The molecule has 0 bridgehead atoms. The number of benzene rings is 2. The van der Waals surface area contributed by atoms with E-state index in [-0.39, 0.29) is 12.2 Å². The number of para-hydroxylation sites is 1. The van der Waals surface area contributed by atoms with E-state index in [4.69, 9.17) is 0 Å². The van der Waals surface area contributed by atoms with Gasteiger partial charge in [0.15, 0.2) is 5.82 Å². The average molecular weight is 387 g/mol. The van der Waals surface area contributed by atoms with Gasteiger partial charge >= 0.3 is 0 Å². The smallest absolute Gasteiger partial charge is 0.269 e. The van der Waals surface area contributed by atoms with Gasteiger partial charge in [-0.2, -0.15) is 0 Å². The molecule has 144 valence electrons. The normalized spacial score (nSPS) is 11.9. The van der Waals surface area contributed by atoms with Crippen molar-refractivity contribution in [2.45, 2.75) is 6.10 Å². The molecule has 0 aliphatic rings. The maximum absolute atomic E-state index is 10.8. The Morgan fingerprint density at radius 2 is 1.72 bits per heavy atom. The molecule has 4 aromatic rings. The Kier molecular flexibility index (Phi) is 5.08. The minimum absolute atomic E-state index is 0.0160. The highest BCUT2D eigenvalue weighted by Crippen LogP contribution is 2.25. The van der Waals surface area contributed by atoms with E-state index in [1.54, 1.807) is 24.5 Å². The molecule has 8 nitrogen and oxygen atoms in total. The minimum atomic E-state index is -0.853. The van der Waals surface area contributed by atoms with Crippen molar-refractivity contribution in [1.82, 2.24) is 15.0 Å². The van der Waals surface area contributed by atoms with Crippen LogP contribution in [0.5, 0.6) is 0 Å². The maximum Gasteiger partial charge on any atom is 0.269 e. The summed E-state index contributed by atoms with van der Waals surface area (Å²) in [6, 6.07) is 17.1. The SMILES string of the molecule is O=[N+]([O-])c1ccc([C@@H](O)CNc2nc(-c3ccncc3)nc3ccccc23)cc1. The van der Waals surface area contributed by atoms with Crippen LogP contribution in [-0.2, 0) is 0 Å². The summed E-state index contributed by atoms with van der Waals surface area (Å²) in [7, 11) is 0. The molecule has 0 amide bonds. The first kappa shape index (κ1) is 18.5. The molecule has 29 heavy (non-hydrogen) atoms. The van der Waals surface area contributed by atoms with Gasteiger partial charge in [-0.3, -0.25) is 15.1 Å². The van der Waals surface area contributed by atoms with Gasteiger partial charge in [-0.25, -0.2) is 9.97 Å². The Bertz CT molecular complexity index is 1150. The van der Waals surface area contributed by atoms with Crippen molar-refractivity contribution in [3.05, 3.63) is 88.7 Å². The van der Waals surface area contributed by atoms with Crippen molar-refractivity contribution in [3.63, 3.8) is 0 Å². The number of hydrogen-bond acceptors (Lipinski definition) is 7. The predicted molar refractivity (Wildman–Crippen MR) is 109 cm³/mol. The fourth-order valence-corrected chi connectivity index (χ4v) is 2.97. The van der Waals surface area contributed by atoms with E-state index >= 15 is 0 Å². The number of pyridine rings is 1. The zero-order valence-corrected chi connectivity index (χ0v) is 15.3. The number of non-ortho nitro benzene ring substituents is 1. The van der Waals surface area contributed by atoms with Crippen LogP contribution in [0.1, 0.15) is 11.7 Å². The van der Waals surface area contributed by atoms with Gasteiger partial charge < -0.3 is 10.4 Å². The topological polar surface area (TPSA) is 114 Å². The van der Waals surface area contributed by atoms with Crippen LogP contribution in [-0.4, -0.2) is 31.5 Å². The number of anilines is 1. The van der Waals surface area contributed by atoms with Gasteiger partial charge in [-0.1, -0.05) is 12.1 Å². The van der Waals surface area contributed by atoms with Crippen LogP contribution in [0, 0.1) is 10.1 Å². The van der Waals surface area contributed by atoms with Gasteiger partial charge in [0.1, 0.15) is 5.82 Å². The van der Waals surface area contributed by atoms with Gasteiger partial charge in [0.05, 0.1) is 16.5 Å². The van der Waals surface area contributed by atoms with Crippen molar-refractivity contribution < 1.29 is 10.0 Å². The number of aliphatic hydroxyl groups excluding tert-OH is 1. The zero-order valence-electron chi connectivity index (χ0n) is 15.3. The highest BCUT2D eigenvalue weighted by atomic mass is 16.6. The molecular weight excluding hydrogens is 370 g/mol. The standard InChI is InChI=1S/C21H17N5O3/c27-19(14-5-7-16(8-6-14)26(28)29)13-23-21-17-3-1-2-4-18(17)24-20(25-21)15-9-11-22-12-10-15/h1-12,19,27H,13H2,(H,23,24,25)/t19-/m0/s1. The summed E-state index contributed by atoms with van der Waals surface area (Å²) >= 11 is 0. The van der Waals surface area contributed by atoms with Crippen molar-refractivity contribution in [3.8, 4) is 11.4 Å². The monoisotopic (exact) mass is 387 g/mol. The maximum atomic E-state index is 10.8. The number of rotatable bonds is 6. The van der Waals surface area contributed by atoms with E-state index < -0.39 is 11.0 Å². The van der Waals surface area contributed by atoms with E-state index in [9.17, 15) is 15.2 Å². The van der Waals surface area contributed by atoms with Crippen molar-refractivity contribution in [2.75, 3.05) is 11.9 Å². The number of hydrogen-bond donors (Lipinski definition) is 2. The summed E-state index contributed by atoms with van der Waals surface area (Å²) in [6.45, 7) is 0.189. The molecule has 8 heteroatoms. The van der Waals surface area contributed by atoms with Crippen LogP contribution in [0.2, 0.25) is 0 Å². The van der Waals surface area contributed by atoms with Gasteiger partial charge in [-0.05, 0) is 42.0 Å². The molecule has 2 aromatic heterocycles. The first-order valence-electron chi connectivity index (χ1n) is 8.95. The summed E-state index contributed by atoms with van der Waals surface area (Å²) in [5.74, 6) is 1.15. The van der Waals surface area contributed by atoms with Crippen LogP contribution in [0.3, 0.4) is 0 Å². The quantitative estimate of drug-likeness (QED) is 0.382. The molecule has 2 N–H and O–H groups in total. The Morgan fingerprint density at radius 3 is 2.45 bits per heavy atom. The van der Waals surface area contributed by atoms with Gasteiger partial charge in [0.2, 0.25) is 0 Å². The average Bonchev–Trinajstić information content (AvgIpc) is 2.77. The molecule has 0 aliphatic heterocycles. The van der Waals surface area contributed by atoms with E-state index in [2.05, 4.69) is 20.3 Å². The lowest BCUT2D eigenvalue weighted by Gasteiger charge is -2.15. The molecular formula is C21H17N5O3. The first-order chi connectivity index (χ1) is 14.1. The van der Waals surface area contributed by atoms with Gasteiger partial charge in [0.25, 0.3) is 5.69 Å². The number of fused-ring (bicyclic) bond motifs is 1. The van der Waals surface area contributed by atoms with E-state index in [0.29, 0.717) is 17.2 Å². The molecule has 0 saturated carbocycles. The van der Waals surface area contributed by atoms with E-state index in [1.165, 1.54) is 12.1 Å².